The van der Waals surface area contributed by atoms with Crippen molar-refractivity contribution in [2.75, 3.05) is 19.8 Å². The number of hydrogen-bond donors (Lipinski definition) is 1. The molecule has 94 valence electrons. The lowest BCUT2D eigenvalue weighted by molar-refractivity contribution is 0.0536. The standard InChI is InChI=1S/C15H23NO/c1-2-10-16-15(13-6-4-3-5-7-13)14-8-11-17-12-9-14/h3-7,14-16H,2,8-12H2,1H3. The van der Waals surface area contributed by atoms with E-state index in [1.807, 2.05) is 0 Å². The molecule has 1 aliphatic heterocycles. The third-order valence-electron chi connectivity index (χ3n) is 3.51. The highest BCUT2D eigenvalue weighted by atomic mass is 16.5. The topological polar surface area (TPSA) is 21.3 Å². The van der Waals surface area contributed by atoms with Crippen LogP contribution in [0.3, 0.4) is 0 Å². The molecule has 0 aliphatic carbocycles. The van der Waals surface area contributed by atoms with Gasteiger partial charge >= 0.3 is 0 Å². The van der Waals surface area contributed by atoms with E-state index in [9.17, 15) is 0 Å². The van der Waals surface area contributed by atoms with Gasteiger partial charge in [-0.05, 0) is 37.3 Å². The predicted octanol–water partition coefficient (Wildman–Crippen LogP) is 3.15. The molecular weight excluding hydrogens is 210 g/mol. The highest BCUT2D eigenvalue weighted by Crippen LogP contribution is 2.29. The molecule has 1 atom stereocenters. The number of nitrogens with one attached hydrogen (secondary N) is 1. The van der Waals surface area contributed by atoms with Crippen molar-refractivity contribution in [2.24, 2.45) is 5.92 Å². The molecule has 2 rings (SSSR count). The van der Waals surface area contributed by atoms with Crippen LogP contribution in [0, 0.1) is 5.92 Å². The Morgan fingerprint density at radius 3 is 2.59 bits per heavy atom. The summed E-state index contributed by atoms with van der Waals surface area (Å²) in [6.07, 6.45) is 3.54. The first-order chi connectivity index (χ1) is 8.42. The van der Waals surface area contributed by atoms with Crippen molar-refractivity contribution in [1.29, 1.82) is 0 Å². The van der Waals surface area contributed by atoms with Crippen LogP contribution >= 0.6 is 0 Å². The molecule has 1 unspecified atom stereocenters. The summed E-state index contributed by atoms with van der Waals surface area (Å²) < 4.78 is 5.46. The second-order valence-corrected chi connectivity index (χ2v) is 4.79. The maximum Gasteiger partial charge on any atom is 0.0469 e. The van der Waals surface area contributed by atoms with Gasteiger partial charge in [-0.25, -0.2) is 0 Å². The molecule has 0 bridgehead atoms. The van der Waals surface area contributed by atoms with Crippen LogP contribution in [0.25, 0.3) is 0 Å². The third kappa shape index (κ3) is 3.55. The van der Waals surface area contributed by atoms with Crippen molar-refractivity contribution in [2.45, 2.75) is 32.2 Å². The van der Waals surface area contributed by atoms with Gasteiger partial charge < -0.3 is 10.1 Å². The maximum atomic E-state index is 5.46. The molecule has 1 aromatic carbocycles. The van der Waals surface area contributed by atoms with Crippen LogP contribution in [0.4, 0.5) is 0 Å². The largest absolute Gasteiger partial charge is 0.381 e. The molecule has 0 amide bonds. The van der Waals surface area contributed by atoms with Gasteiger partial charge in [0.25, 0.3) is 0 Å². The first-order valence-corrected chi connectivity index (χ1v) is 6.78. The summed E-state index contributed by atoms with van der Waals surface area (Å²) in [6, 6.07) is 11.3. The number of ether oxygens (including phenoxy) is 1. The van der Waals surface area contributed by atoms with E-state index < -0.39 is 0 Å². The third-order valence-corrected chi connectivity index (χ3v) is 3.51. The van der Waals surface area contributed by atoms with Gasteiger partial charge in [0.05, 0.1) is 0 Å². The maximum absolute atomic E-state index is 5.46. The molecule has 2 nitrogen and oxygen atoms in total. The Morgan fingerprint density at radius 2 is 1.94 bits per heavy atom. The van der Waals surface area contributed by atoms with Crippen LogP contribution in [-0.4, -0.2) is 19.8 Å². The summed E-state index contributed by atoms with van der Waals surface area (Å²) in [5.74, 6) is 0.720. The Kier molecular flexibility index (Phi) is 5.02. The van der Waals surface area contributed by atoms with E-state index >= 15 is 0 Å². The Bertz CT molecular complexity index is 306. The average Bonchev–Trinajstić information content (AvgIpc) is 2.42. The summed E-state index contributed by atoms with van der Waals surface area (Å²) >= 11 is 0. The number of hydrogen-bond acceptors (Lipinski definition) is 2. The molecule has 0 saturated carbocycles. The van der Waals surface area contributed by atoms with Crippen molar-refractivity contribution in [1.82, 2.24) is 5.32 Å². The van der Waals surface area contributed by atoms with Crippen molar-refractivity contribution >= 4 is 0 Å². The van der Waals surface area contributed by atoms with E-state index in [0.29, 0.717) is 6.04 Å². The number of rotatable bonds is 5. The molecule has 1 N–H and O–H groups in total. The molecule has 0 aromatic heterocycles. The van der Waals surface area contributed by atoms with Gasteiger partial charge in [0.2, 0.25) is 0 Å². The SMILES string of the molecule is CCCNC(c1ccccc1)C1CCOCC1. The monoisotopic (exact) mass is 233 g/mol. The van der Waals surface area contributed by atoms with E-state index in [1.165, 1.54) is 24.8 Å². The molecule has 2 heteroatoms. The van der Waals surface area contributed by atoms with E-state index in [2.05, 4.69) is 42.6 Å². The smallest absolute Gasteiger partial charge is 0.0469 e. The minimum Gasteiger partial charge on any atom is -0.381 e. The van der Waals surface area contributed by atoms with Gasteiger partial charge in [0.1, 0.15) is 0 Å². The minimum atomic E-state index is 0.500. The zero-order chi connectivity index (χ0) is 11.9. The lowest BCUT2D eigenvalue weighted by atomic mass is 9.87. The normalized spacial score (nSPS) is 19.1. The van der Waals surface area contributed by atoms with Crippen molar-refractivity contribution in [3.05, 3.63) is 35.9 Å². The molecule has 1 aliphatic rings. The molecule has 17 heavy (non-hydrogen) atoms. The molecule has 1 fully saturated rings. The van der Waals surface area contributed by atoms with E-state index in [0.717, 1.165) is 25.7 Å². The number of benzene rings is 1. The quantitative estimate of drug-likeness (QED) is 0.843. The lowest BCUT2D eigenvalue weighted by Gasteiger charge is -2.31. The van der Waals surface area contributed by atoms with Gasteiger partial charge in [-0.2, -0.15) is 0 Å². The second kappa shape index (κ2) is 6.77. The first kappa shape index (κ1) is 12.6. The summed E-state index contributed by atoms with van der Waals surface area (Å²) in [4.78, 5) is 0. The van der Waals surface area contributed by atoms with Crippen LogP contribution in [0.1, 0.15) is 37.8 Å². The average molecular weight is 233 g/mol. The van der Waals surface area contributed by atoms with Gasteiger partial charge in [-0.3, -0.25) is 0 Å². The van der Waals surface area contributed by atoms with Gasteiger partial charge in [0, 0.05) is 19.3 Å². The van der Waals surface area contributed by atoms with E-state index in [1.54, 1.807) is 0 Å². The first-order valence-electron chi connectivity index (χ1n) is 6.78. The molecule has 1 saturated heterocycles. The lowest BCUT2D eigenvalue weighted by Crippen LogP contribution is -2.32. The minimum absolute atomic E-state index is 0.500. The van der Waals surface area contributed by atoms with Crippen molar-refractivity contribution in [3.63, 3.8) is 0 Å². The highest BCUT2D eigenvalue weighted by Gasteiger charge is 2.24. The Balaban J connectivity index is 2.06. The van der Waals surface area contributed by atoms with Crippen LogP contribution < -0.4 is 5.32 Å². The molecule has 0 spiro atoms. The fourth-order valence-corrected chi connectivity index (χ4v) is 2.57. The van der Waals surface area contributed by atoms with Crippen LogP contribution in [-0.2, 0) is 4.74 Å². The van der Waals surface area contributed by atoms with Gasteiger partial charge in [-0.15, -0.1) is 0 Å². The molecule has 1 aromatic rings. The van der Waals surface area contributed by atoms with Crippen molar-refractivity contribution < 1.29 is 4.74 Å². The Hall–Kier alpha value is -0.860. The van der Waals surface area contributed by atoms with E-state index in [4.69, 9.17) is 4.74 Å². The zero-order valence-electron chi connectivity index (χ0n) is 10.7. The Morgan fingerprint density at radius 1 is 1.24 bits per heavy atom. The Labute approximate surface area is 104 Å². The summed E-state index contributed by atoms with van der Waals surface area (Å²) in [5.41, 5.74) is 1.42. The summed E-state index contributed by atoms with van der Waals surface area (Å²) in [7, 11) is 0. The zero-order valence-corrected chi connectivity index (χ0v) is 10.7. The van der Waals surface area contributed by atoms with Crippen molar-refractivity contribution in [3.8, 4) is 0 Å². The van der Waals surface area contributed by atoms with E-state index in [-0.39, 0.29) is 0 Å². The molecule has 1 heterocycles. The van der Waals surface area contributed by atoms with Gasteiger partial charge in [-0.1, -0.05) is 37.3 Å². The van der Waals surface area contributed by atoms with Crippen LogP contribution in [0.2, 0.25) is 0 Å². The van der Waals surface area contributed by atoms with Crippen LogP contribution in [0.15, 0.2) is 30.3 Å². The fraction of sp³-hybridized carbons (Fsp3) is 0.600. The predicted molar refractivity (Wildman–Crippen MR) is 71.0 cm³/mol. The summed E-state index contributed by atoms with van der Waals surface area (Å²) in [6.45, 7) is 5.15. The fourth-order valence-electron chi connectivity index (χ4n) is 2.57. The highest BCUT2D eigenvalue weighted by molar-refractivity contribution is 5.19. The second-order valence-electron chi connectivity index (χ2n) is 4.79. The molecule has 0 radical (unpaired) electrons. The summed E-state index contributed by atoms with van der Waals surface area (Å²) in [5, 5.41) is 3.70. The van der Waals surface area contributed by atoms with Crippen LogP contribution in [0.5, 0.6) is 0 Å². The van der Waals surface area contributed by atoms with Gasteiger partial charge in [0.15, 0.2) is 0 Å². The molecular formula is C15H23NO.